The fourth-order valence-electron chi connectivity index (χ4n) is 2.58. The van der Waals surface area contributed by atoms with Crippen LogP contribution in [0.5, 0.6) is 0 Å². The van der Waals surface area contributed by atoms with Crippen molar-refractivity contribution >= 4 is 34.9 Å². The van der Waals surface area contributed by atoms with Crippen LogP contribution in [0.15, 0.2) is 34.5 Å². The molecule has 0 amide bonds. The van der Waals surface area contributed by atoms with Crippen molar-refractivity contribution in [2.75, 3.05) is 0 Å². The lowest BCUT2D eigenvalue weighted by molar-refractivity contribution is -0.133. The monoisotopic (exact) mass is 322 g/mol. The molecule has 2 rings (SSSR count). The number of hydrogen-bond donors (Lipinski definition) is 1. The summed E-state index contributed by atoms with van der Waals surface area (Å²) < 4.78 is 0. The third-order valence-electron chi connectivity index (χ3n) is 3.51. The zero-order valence-corrected chi connectivity index (χ0v) is 12.9. The number of carboxylic acid groups (broad SMARTS) is 1. The average molecular weight is 323 g/mol. The van der Waals surface area contributed by atoms with Gasteiger partial charge in [-0.25, -0.2) is 4.79 Å². The Labute approximate surface area is 132 Å². The number of nitrogens with zero attached hydrogens (tertiary/aromatic N) is 2. The van der Waals surface area contributed by atoms with E-state index in [1.165, 1.54) is 0 Å². The molecule has 1 aromatic rings. The van der Waals surface area contributed by atoms with Crippen LogP contribution in [0.25, 0.3) is 0 Å². The third kappa shape index (κ3) is 2.67. The van der Waals surface area contributed by atoms with E-state index in [0.717, 1.165) is 0 Å². The van der Waals surface area contributed by atoms with Crippen molar-refractivity contribution < 1.29 is 9.90 Å². The first kappa shape index (κ1) is 15.6. The maximum atomic E-state index is 11.6. The van der Waals surface area contributed by atoms with Crippen LogP contribution in [0.2, 0.25) is 10.0 Å². The minimum atomic E-state index is -1.11. The number of rotatable bonds is 2. The van der Waals surface area contributed by atoms with Gasteiger partial charge in [-0.05, 0) is 25.5 Å². The van der Waals surface area contributed by atoms with Crippen molar-refractivity contribution in [2.45, 2.75) is 19.8 Å². The van der Waals surface area contributed by atoms with Crippen molar-refractivity contribution in [1.82, 2.24) is 0 Å². The van der Waals surface area contributed by atoms with Crippen LogP contribution in [-0.4, -0.2) is 16.8 Å². The molecule has 6 heteroatoms. The predicted octanol–water partition coefficient (Wildman–Crippen LogP) is 4.05. The molecule has 0 radical (unpaired) electrons. The maximum Gasteiger partial charge on any atom is 0.334 e. The molecule has 0 bridgehead atoms. The van der Waals surface area contributed by atoms with E-state index >= 15 is 0 Å². The van der Waals surface area contributed by atoms with Gasteiger partial charge in [-0.1, -0.05) is 35.3 Å². The number of carboxylic acids is 1. The lowest BCUT2D eigenvalue weighted by Crippen LogP contribution is -2.28. The summed E-state index contributed by atoms with van der Waals surface area (Å²) in [6.45, 7) is 3.33. The summed E-state index contributed by atoms with van der Waals surface area (Å²) in [4.78, 5) is 15.8. The fraction of sp³-hybridized carbons (Fsp3) is 0.267. The van der Waals surface area contributed by atoms with Gasteiger partial charge in [0.15, 0.2) is 0 Å². The zero-order valence-electron chi connectivity index (χ0n) is 11.4. The second-order valence-corrected chi connectivity index (χ2v) is 5.57. The first-order chi connectivity index (χ1) is 9.88. The minimum Gasteiger partial charge on any atom is -0.478 e. The molecule has 0 spiro atoms. The van der Waals surface area contributed by atoms with Gasteiger partial charge in [0.25, 0.3) is 0 Å². The number of allylic oxidation sites excluding steroid dienone is 1. The Hall–Kier alpha value is -1.83. The van der Waals surface area contributed by atoms with E-state index in [1.54, 1.807) is 32.0 Å². The topological polar surface area (TPSA) is 73.4 Å². The second-order valence-electron chi connectivity index (χ2n) is 4.78. The number of aliphatic imine (C=N–C) groups is 1. The van der Waals surface area contributed by atoms with Crippen molar-refractivity contribution in [3.63, 3.8) is 0 Å². The Morgan fingerprint density at radius 1 is 1.38 bits per heavy atom. The molecule has 1 aliphatic rings. The number of halogens is 2. The van der Waals surface area contributed by atoms with Crippen molar-refractivity contribution in [2.24, 2.45) is 10.9 Å². The van der Waals surface area contributed by atoms with Crippen molar-refractivity contribution in [1.29, 1.82) is 5.26 Å². The molecule has 2 unspecified atom stereocenters. The number of benzene rings is 1. The van der Waals surface area contributed by atoms with Gasteiger partial charge < -0.3 is 5.11 Å². The molecule has 1 heterocycles. The molecule has 108 valence electrons. The van der Waals surface area contributed by atoms with Crippen LogP contribution in [0.4, 0.5) is 0 Å². The predicted molar refractivity (Wildman–Crippen MR) is 81.8 cm³/mol. The average Bonchev–Trinajstić information content (AvgIpc) is 2.40. The number of hydrogen-bond acceptors (Lipinski definition) is 3. The Kier molecular flexibility index (Phi) is 4.36. The highest BCUT2D eigenvalue weighted by Gasteiger charge is 2.38. The van der Waals surface area contributed by atoms with Crippen molar-refractivity contribution in [3.8, 4) is 6.07 Å². The first-order valence-electron chi connectivity index (χ1n) is 6.21. The van der Waals surface area contributed by atoms with Gasteiger partial charge in [0.1, 0.15) is 0 Å². The van der Waals surface area contributed by atoms with Crippen LogP contribution >= 0.6 is 23.2 Å². The van der Waals surface area contributed by atoms with Crippen LogP contribution < -0.4 is 0 Å². The molecule has 1 N–H and O–H groups in total. The van der Waals surface area contributed by atoms with Crippen LogP contribution in [0, 0.1) is 17.2 Å². The Balaban J connectivity index is 2.73. The SMILES string of the molecule is CC1=NC(C)=C(C(=O)O)C(c2cccc(Cl)c2Cl)C1C#N. The van der Waals surface area contributed by atoms with E-state index in [1.807, 2.05) is 0 Å². The van der Waals surface area contributed by atoms with Gasteiger partial charge in [-0.2, -0.15) is 5.26 Å². The minimum absolute atomic E-state index is 0.0799. The van der Waals surface area contributed by atoms with Crippen molar-refractivity contribution in [3.05, 3.63) is 45.1 Å². The fourth-order valence-corrected chi connectivity index (χ4v) is 3.00. The third-order valence-corrected chi connectivity index (χ3v) is 4.35. The standard InChI is InChI=1S/C15H12Cl2N2O2/c1-7-10(6-18)13(12(15(20)21)8(2)19-7)9-4-3-5-11(16)14(9)17/h3-5,10,13H,1-2H3,(H,20,21). The van der Waals surface area contributed by atoms with Crippen LogP contribution in [0.1, 0.15) is 25.3 Å². The smallest absolute Gasteiger partial charge is 0.334 e. The molecular weight excluding hydrogens is 311 g/mol. The van der Waals surface area contributed by atoms with E-state index in [4.69, 9.17) is 23.2 Å². The molecule has 0 aromatic heterocycles. The largest absolute Gasteiger partial charge is 0.478 e. The Morgan fingerprint density at radius 2 is 2.05 bits per heavy atom. The molecule has 0 saturated carbocycles. The molecule has 0 fully saturated rings. The summed E-state index contributed by atoms with van der Waals surface area (Å²) in [6, 6.07) is 7.13. The quantitative estimate of drug-likeness (QED) is 0.892. The maximum absolute atomic E-state index is 11.6. The molecule has 0 aliphatic carbocycles. The summed E-state index contributed by atoms with van der Waals surface area (Å²) in [5.74, 6) is -2.47. The highest BCUT2D eigenvalue weighted by atomic mass is 35.5. The second kappa shape index (κ2) is 5.88. The highest BCUT2D eigenvalue weighted by Crippen LogP contribution is 2.42. The molecule has 21 heavy (non-hydrogen) atoms. The van der Waals surface area contributed by atoms with E-state index in [-0.39, 0.29) is 10.6 Å². The normalized spacial score (nSPS) is 21.8. The summed E-state index contributed by atoms with van der Waals surface area (Å²) in [5.41, 5.74) is 1.56. The molecule has 2 atom stereocenters. The molecule has 0 saturated heterocycles. The molecule has 1 aliphatic heterocycles. The van der Waals surface area contributed by atoms with E-state index in [0.29, 0.717) is 22.0 Å². The number of aliphatic carboxylic acids is 1. The van der Waals surface area contributed by atoms with E-state index in [9.17, 15) is 15.2 Å². The van der Waals surface area contributed by atoms with Crippen LogP contribution in [-0.2, 0) is 4.79 Å². The number of nitriles is 1. The molecule has 4 nitrogen and oxygen atoms in total. The summed E-state index contributed by atoms with van der Waals surface area (Å²) in [7, 11) is 0. The molecule has 1 aromatic carbocycles. The Morgan fingerprint density at radius 3 is 2.62 bits per heavy atom. The summed E-state index contributed by atoms with van der Waals surface area (Å²) >= 11 is 12.2. The van der Waals surface area contributed by atoms with Gasteiger partial charge >= 0.3 is 5.97 Å². The summed E-state index contributed by atoms with van der Waals surface area (Å²) in [5, 5.41) is 19.5. The molecular formula is C15H12Cl2N2O2. The van der Waals surface area contributed by atoms with Gasteiger partial charge in [0.05, 0.1) is 27.6 Å². The highest BCUT2D eigenvalue weighted by molar-refractivity contribution is 6.42. The van der Waals surface area contributed by atoms with E-state index in [2.05, 4.69) is 11.1 Å². The summed E-state index contributed by atoms with van der Waals surface area (Å²) in [6.07, 6.45) is 0. The van der Waals surface area contributed by atoms with E-state index < -0.39 is 17.8 Å². The first-order valence-corrected chi connectivity index (χ1v) is 6.96. The number of carbonyl (C=O) groups is 1. The van der Waals surface area contributed by atoms with Crippen LogP contribution in [0.3, 0.4) is 0 Å². The lowest BCUT2D eigenvalue weighted by atomic mass is 9.76. The van der Waals surface area contributed by atoms with Gasteiger partial charge in [-0.3, -0.25) is 4.99 Å². The zero-order chi connectivity index (χ0) is 15.7. The Bertz CT molecular complexity index is 717. The van der Waals surface area contributed by atoms with Gasteiger partial charge in [0.2, 0.25) is 0 Å². The van der Waals surface area contributed by atoms with Gasteiger partial charge in [0, 0.05) is 17.3 Å². The van der Waals surface area contributed by atoms with Gasteiger partial charge in [-0.15, -0.1) is 0 Å². The lowest BCUT2D eigenvalue weighted by Gasteiger charge is -2.28.